The van der Waals surface area contributed by atoms with Crippen molar-refractivity contribution in [2.45, 2.75) is 32.9 Å². The van der Waals surface area contributed by atoms with Gasteiger partial charge in [0.15, 0.2) is 5.78 Å². The second-order valence-corrected chi connectivity index (χ2v) is 7.60. The van der Waals surface area contributed by atoms with E-state index < -0.39 is 10.6 Å². The van der Waals surface area contributed by atoms with Crippen molar-refractivity contribution in [1.29, 1.82) is 0 Å². The van der Waals surface area contributed by atoms with Crippen LogP contribution in [-0.4, -0.2) is 34.8 Å². The molecule has 0 bridgehead atoms. The van der Waals surface area contributed by atoms with Gasteiger partial charge in [0, 0.05) is 18.5 Å². The first-order valence-electron chi connectivity index (χ1n) is 7.09. The largest absolute Gasteiger partial charge is 0.337 e. The van der Waals surface area contributed by atoms with Crippen LogP contribution in [-0.2, 0) is 9.59 Å². The number of amides is 1. The van der Waals surface area contributed by atoms with Gasteiger partial charge in [-0.2, -0.15) is 0 Å². The molecule has 0 N–H and O–H groups in total. The minimum absolute atomic E-state index is 0.0413. The maximum atomic E-state index is 12.9. The molecule has 2 aliphatic rings. The standard InChI is InChI=1S/C16H21N2O2P/c1-10(2)9-18-7-6-12-15(3,4)13(19)11(17-5)8-16(12,21)14(18)20/h6,8,10H,7,9,21H2,1-4H3/t16-/m0/s1. The number of ketones is 1. The number of rotatable bonds is 2. The van der Waals surface area contributed by atoms with Gasteiger partial charge in [-0.05, 0) is 11.5 Å². The van der Waals surface area contributed by atoms with Gasteiger partial charge in [-0.1, -0.05) is 39.8 Å². The molecular weight excluding hydrogens is 283 g/mol. The van der Waals surface area contributed by atoms with Crippen LogP contribution in [0.15, 0.2) is 23.4 Å². The van der Waals surface area contributed by atoms with E-state index in [2.05, 4.69) is 27.9 Å². The molecule has 0 aromatic heterocycles. The number of fused-ring (bicyclic) bond motifs is 1. The molecule has 0 radical (unpaired) electrons. The van der Waals surface area contributed by atoms with Gasteiger partial charge in [0.2, 0.25) is 11.6 Å². The topological polar surface area (TPSA) is 41.7 Å². The van der Waals surface area contributed by atoms with Crippen molar-refractivity contribution in [3.63, 3.8) is 0 Å². The zero-order chi connectivity index (χ0) is 16.0. The van der Waals surface area contributed by atoms with Crippen molar-refractivity contribution in [2.24, 2.45) is 11.3 Å². The van der Waals surface area contributed by atoms with E-state index in [-0.39, 0.29) is 17.4 Å². The van der Waals surface area contributed by atoms with Crippen LogP contribution in [0.5, 0.6) is 0 Å². The predicted octanol–water partition coefficient (Wildman–Crippen LogP) is 2.44. The highest BCUT2D eigenvalue weighted by Crippen LogP contribution is 2.50. The molecule has 4 nitrogen and oxygen atoms in total. The predicted molar refractivity (Wildman–Crippen MR) is 85.4 cm³/mol. The molecule has 1 unspecified atom stereocenters. The Balaban J connectivity index is 2.57. The van der Waals surface area contributed by atoms with E-state index in [4.69, 9.17) is 6.57 Å². The first-order valence-corrected chi connectivity index (χ1v) is 7.66. The quantitative estimate of drug-likeness (QED) is 0.447. The van der Waals surface area contributed by atoms with Gasteiger partial charge in [0.25, 0.3) is 0 Å². The lowest BCUT2D eigenvalue weighted by atomic mass is 9.67. The number of allylic oxidation sites excluding steroid dienone is 1. The molecule has 2 rings (SSSR count). The second-order valence-electron chi connectivity index (χ2n) is 6.69. The third-order valence-electron chi connectivity index (χ3n) is 4.15. The third-order valence-corrected chi connectivity index (χ3v) is 4.87. The van der Waals surface area contributed by atoms with E-state index >= 15 is 0 Å². The summed E-state index contributed by atoms with van der Waals surface area (Å²) >= 11 is 0. The Morgan fingerprint density at radius 3 is 2.57 bits per heavy atom. The number of nitrogens with zero attached hydrogens (tertiary/aromatic N) is 2. The third kappa shape index (κ3) is 2.34. The Morgan fingerprint density at radius 1 is 1.43 bits per heavy atom. The number of carbonyl (C=O) groups is 2. The molecule has 2 atom stereocenters. The van der Waals surface area contributed by atoms with Gasteiger partial charge in [-0.25, -0.2) is 4.85 Å². The molecular formula is C16H21N2O2P. The molecule has 21 heavy (non-hydrogen) atoms. The number of Topliss-reactive ketones (excluding diaryl/α,β-unsaturated/α-hetero) is 1. The van der Waals surface area contributed by atoms with Crippen LogP contribution < -0.4 is 0 Å². The van der Waals surface area contributed by atoms with Gasteiger partial charge >= 0.3 is 0 Å². The van der Waals surface area contributed by atoms with Crippen LogP contribution in [0.25, 0.3) is 4.85 Å². The summed E-state index contributed by atoms with van der Waals surface area (Å²) in [5, 5.41) is -0.954. The smallest absolute Gasteiger partial charge is 0.239 e. The van der Waals surface area contributed by atoms with E-state index in [9.17, 15) is 9.59 Å². The molecule has 0 aromatic rings. The molecule has 1 aliphatic carbocycles. The number of carbonyl (C=O) groups excluding carboxylic acids is 2. The number of hydrogen-bond donors (Lipinski definition) is 0. The molecule has 0 aromatic carbocycles. The molecule has 0 spiro atoms. The molecule has 1 aliphatic heterocycles. The van der Waals surface area contributed by atoms with E-state index in [0.29, 0.717) is 19.0 Å². The van der Waals surface area contributed by atoms with Crippen LogP contribution in [0.1, 0.15) is 27.7 Å². The normalized spacial score (nSPS) is 28.0. The SMILES string of the molecule is [C-]#[N+]C1=C[C@@]2(P)C(=O)N(CC(C)C)CC=C2C(C)(C)C1=O. The zero-order valence-corrected chi connectivity index (χ0v) is 14.1. The summed E-state index contributed by atoms with van der Waals surface area (Å²) in [4.78, 5) is 30.4. The van der Waals surface area contributed by atoms with Gasteiger partial charge in [0.05, 0.1) is 11.7 Å². The van der Waals surface area contributed by atoms with Crippen molar-refractivity contribution in [3.05, 3.63) is 34.8 Å². The molecule has 112 valence electrons. The highest BCUT2D eigenvalue weighted by atomic mass is 31.0. The number of hydrogen-bond acceptors (Lipinski definition) is 2. The maximum absolute atomic E-state index is 12.9. The van der Waals surface area contributed by atoms with Crippen molar-refractivity contribution in [1.82, 2.24) is 4.90 Å². The minimum Gasteiger partial charge on any atom is -0.337 e. The summed E-state index contributed by atoms with van der Waals surface area (Å²) in [6.07, 6.45) is 3.50. The molecule has 0 saturated heterocycles. The lowest BCUT2D eigenvalue weighted by molar-refractivity contribution is -0.133. The summed E-state index contributed by atoms with van der Waals surface area (Å²) in [5.74, 6) is 0.132. The Morgan fingerprint density at radius 2 is 2.05 bits per heavy atom. The van der Waals surface area contributed by atoms with Crippen molar-refractivity contribution in [3.8, 4) is 0 Å². The van der Waals surface area contributed by atoms with Gasteiger partial charge in [0.1, 0.15) is 0 Å². The molecule has 1 amide bonds. The zero-order valence-electron chi connectivity index (χ0n) is 12.9. The molecule has 0 saturated carbocycles. The first-order chi connectivity index (χ1) is 9.64. The van der Waals surface area contributed by atoms with Crippen molar-refractivity contribution in [2.75, 3.05) is 13.1 Å². The lowest BCUT2D eigenvalue weighted by Crippen LogP contribution is -2.55. The van der Waals surface area contributed by atoms with Crippen LogP contribution in [0.3, 0.4) is 0 Å². The summed E-state index contributed by atoms with van der Waals surface area (Å²) in [5.41, 5.74) is 0.0463. The Hall–Kier alpha value is -1.46. The second kappa shape index (κ2) is 5.07. The summed E-state index contributed by atoms with van der Waals surface area (Å²) in [7, 11) is 2.58. The van der Waals surface area contributed by atoms with Crippen LogP contribution in [0.2, 0.25) is 0 Å². The Kier molecular flexibility index (Phi) is 3.84. The van der Waals surface area contributed by atoms with Gasteiger partial charge in [-0.3, -0.25) is 4.79 Å². The summed E-state index contributed by atoms with van der Waals surface area (Å²) in [6, 6.07) is 0. The molecule has 0 fully saturated rings. The lowest BCUT2D eigenvalue weighted by Gasteiger charge is -2.46. The highest BCUT2D eigenvalue weighted by Gasteiger charge is 2.53. The Labute approximate surface area is 128 Å². The van der Waals surface area contributed by atoms with E-state index in [1.54, 1.807) is 18.7 Å². The van der Waals surface area contributed by atoms with Crippen molar-refractivity contribution < 1.29 is 9.59 Å². The van der Waals surface area contributed by atoms with E-state index in [1.807, 2.05) is 6.08 Å². The molecule has 5 heteroatoms. The monoisotopic (exact) mass is 304 g/mol. The van der Waals surface area contributed by atoms with Crippen LogP contribution in [0, 0.1) is 17.9 Å². The average molecular weight is 304 g/mol. The summed E-state index contributed by atoms with van der Waals surface area (Å²) < 4.78 is 0. The first kappa shape index (κ1) is 15.9. The van der Waals surface area contributed by atoms with Gasteiger partial charge in [-0.15, -0.1) is 9.24 Å². The fraction of sp³-hybridized carbons (Fsp3) is 0.562. The van der Waals surface area contributed by atoms with Crippen LogP contribution in [0.4, 0.5) is 0 Å². The molecule has 1 heterocycles. The minimum atomic E-state index is -0.954. The van der Waals surface area contributed by atoms with Crippen molar-refractivity contribution >= 4 is 20.9 Å². The highest BCUT2D eigenvalue weighted by molar-refractivity contribution is 7.22. The Bertz CT molecular complexity index is 610. The van der Waals surface area contributed by atoms with Crippen LogP contribution >= 0.6 is 9.24 Å². The maximum Gasteiger partial charge on any atom is 0.239 e. The fourth-order valence-electron chi connectivity index (χ4n) is 3.15. The van der Waals surface area contributed by atoms with E-state index in [1.165, 1.54) is 6.08 Å². The fourth-order valence-corrected chi connectivity index (χ4v) is 3.97. The van der Waals surface area contributed by atoms with Gasteiger partial charge < -0.3 is 9.69 Å². The average Bonchev–Trinajstić information content (AvgIpc) is 2.39. The summed E-state index contributed by atoms with van der Waals surface area (Å²) in [6.45, 7) is 16.1. The van der Waals surface area contributed by atoms with E-state index in [0.717, 1.165) is 5.57 Å².